The summed E-state index contributed by atoms with van der Waals surface area (Å²) in [4.78, 5) is 0. The summed E-state index contributed by atoms with van der Waals surface area (Å²) in [7, 11) is -1.91. The molecule has 0 aromatic rings. The van der Waals surface area contributed by atoms with E-state index in [9.17, 15) is 0 Å². The van der Waals surface area contributed by atoms with Crippen molar-refractivity contribution in [3.63, 3.8) is 0 Å². The van der Waals surface area contributed by atoms with Crippen LogP contribution < -0.4 is 24.8 Å². The van der Waals surface area contributed by atoms with Gasteiger partial charge < -0.3 is 24.8 Å². The number of allylic oxidation sites excluding steroid dienone is 14. The van der Waals surface area contributed by atoms with Gasteiger partial charge in [0.2, 0.25) is 0 Å². The molecule has 0 fully saturated rings. The molecule has 0 spiro atoms. The van der Waals surface area contributed by atoms with E-state index >= 15 is 0 Å². The van der Waals surface area contributed by atoms with Crippen LogP contribution in [0.15, 0.2) is 76.5 Å². The van der Waals surface area contributed by atoms with Gasteiger partial charge in [-0.2, -0.15) is 23.3 Å². The minimum atomic E-state index is -0.957. The van der Waals surface area contributed by atoms with Gasteiger partial charge in [0.15, 0.2) is 0 Å². The summed E-state index contributed by atoms with van der Waals surface area (Å²) in [6, 6.07) is 2.48. The Hall–Kier alpha value is -0.183. The van der Waals surface area contributed by atoms with E-state index in [1.807, 2.05) is 0 Å². The van der Waals surface area contributed by atoms with Gasteiger partial charge >= 0.3 is 26.2 Å². The fraction of sp³-hybridized carbons (Fsp3) is 0.529. The molecule has 0 amide bonds. The molecule has 218 valence electrons. The molecule has 0 N–H and O–H groups in total. The summed E-state index contributed by atoms with van der Waals surface area (Å²) in [6.45, 7) is 33.5. The van der Waals surface area contributed by atoms with E-state index in [-0.39, 0.29) is 56.4 Å². The van der Waals surface area contributed by atoms with Crippen LogP contribution in [0.4, 0.5) is 0 Å². The van der Waals surface area contributed by atoms with Crippen LogP contribution in [0.5, 0.6) is 0 Å². The number of hydrogen-bond donors (Lipinski definition) is 0. The van der Waals surface area contributed by atoms with Crippen molar-refractivity contribution < 1.29 is 51.0 Å². The van der Waals surface area contributed by atoms with E-state index in [1.54, 1.807) is 0 Å². The second-order valence-electron chi connectivity index (χ2n) is 13.6. The summed E-state index contributed by atoms with van der Waals surface area (Å²) in [5, 5.41) is 0. The molecule has 0 saturated heterocycles. The zero-order chi connectivity index (χ0) is 27.7. The molecule has 0 aliphatic heterocycles. The van der Waals surface area contributed by atoms with Crippen LogP contribution in [0.1, 0.15) is 60.3 Å². The Kier molecular flexibility index (Phi) is 21.2. The van der Waals surface area contributed by atoms with Crippen molar-refractivity contribution in [1.29, 1.82) is 0 Å². The maximum Gasteiger partial charge on any atom is 2.00 e. The average Bonchev–Trinajstić information content (AvgIpc) is 3.41. The van der Waals surface area contributed by atoms with Crippen molar-refractivity contribution in [2.45, 2.75) is 112 Å². The van der Waals surface area contributed by atoms with Gasteiger partial charge in [-0.1, -0.05) is 96.7 Å². The van der Waals surface area contributed by atoms with Crippen molar-refractivity contribution in [3.05, 3.63) is 94.7 Å². The largest absolute Gasteiger partial charge is 2.00 e. The van der Waals surface area contributed by atoms with Gasteiger partial charge in [0.1, 0.15) is 0 Å². The van der Waals surface area contributed by atoms with Gasteiger partial charge in [-0.05, 0) is 24.9 Å². The number of rotatable bonds is 8. The third-order valence-electron chi connectivity index (χ3n) is 6.54. The van der Waals surface area contributed by atoms with Gasteiger partial charge in [-0.3, -0.25) is 18.2 Å². The second-order valence-corrected chi connectivity index (χ2v) is 24.5. The van der Waals surface area contributed by atoms with Gasteiger partial charge in [0.25, 0.3) is 0 Å². The molecule has 0 unspecified atom stereocenters. The van der Waals surface area contributed by atoms with Crippen LogP contribution in [0.25, 0.3) is 0 Å². The smallest absolute Gasteiger partial charge is 1.00 e. The Morgan fingerprint density at radius 2 is 1.13 bits per heavy atom. The molecule has 3 aliphatic carbocycles. The van der Waals surface area contributed by atoms with Crippen molar-refractivity contribution in [2.24, 2.45) is 5.41 Å². The molecule has 39 heavy (non-hydrogen) atoms. The minimum Gasteiger partial charge on any atom is -1.00 e. The first kappa shape index (κ1) is 43.3. The molecule has 0 aromatic carbocycles. The van der Waals surface area contributed by atoms with Crippen LogP contribution >= 0.6 is 0 Å². The van der Waals surface area contributed by atoms with E-state index in [2.05, 4.69) is 130 Å². The van der Waals surface area contributed by atoms with Crippen molar-refractivity contribution in [2.75, 3.05) is 0 Å². The maximum absolute atomic E-state index is 4.14. The fourth-order valence-electron chi connectivity index (χ4n) is 4.71. The molecule has 0 bridgehead atoms. The van der Waals surface area contributed by atoms with Crippen LogP contribution in [-0.4, -0.2) is 16.1 Å². The van der Waals surface area contributed by atoms with Crippen LogP contribution in [0.3, 0.4) is 0 Å². The van der Waals surface area contributed by atoms with Crippen molar-refractivity contribution in [3.8, 4) is 0 Å². The minimum absolute atomic E-state index is 0. The molecule has 3 aliphatic rings. The molecular weight excluding hydrogens is 627 g/mol. The van der Waals surface area contributed by atoms with E-state index in [1.165, 1.54) is 51.1 Å². The first-order chi connectivity index (χ1) is 16.4. The first-order valence-corrected chi connectivity index (χ1v) is 21.0. The molecule has 0 aromatic heterocycles. The predicted octanol–water partition coefficient (Wildman–Crippen LogP) is 5.04. The van der Waals surface area contributed by atoms with E-state index in [4.69, 9.17) is 0 Å². The summed E-state index contributed by atoms with van der Waals surface area (Å²) >= 11 is 0. The summed E-state index contributed by atoms with van der Waals surface area (Å²) in [6.07, 6.45) is 22.9. The Bertz CT molecular complexity index is 935. The summed E-state index contributed by atoms with van der Waals surface area (Å²) < 4.78 is 0. The van der Waals surface area contributed by atoms with E-state index in [0.717, 1.165) is 25.7 Å². The zero-order valence-electron chi connectivity index (χ0n) is 26.7. The normalized spacial score (nSPS) is 16.7. The van der Waals surface area contributed by atoms with E-state index in [0.29, 0.717) is 0 Å². The molecule has 0 saturated carbocycles. The Morgan fingerprint density at radius 1 is 0.769 bits per heavy atom. The Balaban J connectivity index is -0.000000484. The Morgan fingerprint density at radius 3 is 1.31 bits per heavy atom. The van der Waals surface area contributed by atoms with Crippen LogP contribution in [-0.2, 0) is 26.2 Å². The van der Waals surface area contributed by atoms with E-state index < -0.39 is 16.1 Å². The van der Waals surface area contributed by atoms with Crippen LogP contribution in [0.2, 0.25) is 51.4 Å². The number of halogens is 2. The number of hydrogen-bond acceptors (Lipinski definition) is 0. The topological polar surface area (TPSA) is 0 Å². The quantitative estimate of drug-likeness (QED) is 0.192. The maximum atomic E-state index is 4.14. The molecule has 0 heterocycles. The van der Waals surface area contributed by atoms with Gasteiger partial charge in [-0.25, -0.2) is 28.9 Å². The Labute approximate surface area is 277 Å². The molecule has 0 radical (unpaired) electrons. The molecule has 3 rings (SSSR count). The molecule has 0 atom stereocenters. The van der Waals surface area contributed by atoms with Gasteiger partial charge in [0.05, 0.1) is 0 Å². The summed E-state index contributed by atoms with van der Waals surface area (Å²) in [5.74, 6) is 0. The first-order valence-electron chi connectivity index (χ1n) is 13.6. The van der Waals surface area contributed by atoms with Crippen molar-refractivity contribution in [1.82, 2.24) is 0 Å². The molecule has 5 heteroatoms. The SMILES string of the molecule is C=C(CC1=[C-]CC=C1)C[Si](C)(C)C.C=C(CC1=[C-]CC=C1)C[Si](C)(C)C.CC1=[C-]C(C)(C)C(C)=C1C.[Cl-].[Cl-].[Zr+2]. The van der Waals surface area contributed by atoms with Gasteiger partial charge in [0, 0.05) is 16.1 Å². The van der Waals surface area contributed by atoms with Crippen LogP contribution in [0, 0.1) is 23.6 Å². The third kappa shape index (κ3) is 18.8. The van der Waals surface area contributed by atoms with Gasteiger partial charge in [-0.15, -0.1) is 19.8 Å². The monoisotopic (exact) mass is 677 g/mol. The zero-order valence-corrected chi connectivity index (χ0v) is 32.7. The second kappa shape index (κ2) is 19.1. The predicted molar refractivity (Wildman–Crippen MR) is 169 cm³/mol. The molecular formula is C34H53Cl2Si2Zr-3. The average molecular weight is 680 g/mol. The third-order valence-corrected chi connectivity index (χ3v) is 9.66. The standard InChI is InChI=1S/2C12H19Si.C10H15.2ClH.Zr/c2*1-11(10-13(2,3)4)9-12-7-5-6-8-12;1-7-6-10(4,5)9(3)8(7)2;;;/h2*5,7H,1,6,9-10H2,2-4H3;1-5H3;2*1H;/q3*-1;;;+2/p-2. The molecule has 0 nitrogen and oxygen atoms in total. The summed E-state index contributed by atoms with van der Waals surface area (Å²) in [5.41, 5.74) is 9.83. The fourth-order valence-corrected chi connectivity index (χ4v) is 7.96. The van der Waals surface area contributed by atoms with Crippen molar-refractivity contribution >= 4 is 16.1 Å².